The first kappa shape index (κ1) is 13.9. The molecule has 86 valence electrons. The van der Waals surface area contributed by atoms with E-state index in [1.165, 1.54) is 0 Å². The van der Waals surface area contributed by atoms with E-state index in [9.17, 15) is 5.11 Å². The van der Waals surface area contributed by atoms with Crippen molar-refractivity contribution < 1.29 is 10.2 Å². The second kappa shape index (κ2) is 8.21. The van der Waals surface area contributed by atoms with Crippen molar-refractivity contribution in [2.24, 2.45) is 5.92 Å². The number of aliphatic hydroxyl groups excluding tert-OH is 2. The van der Waals surface area contributed by atoms with Gasteiger partial charge in [-0.05, 0) is 39.2 Å². The summed E-state index contributed by atoms with van der Waals surface area (Å²) in [4.78, 5) is 0. The number of hydrogen-bond acceptors (Lipinski definition) is 3. The highest BCUT2D eigenvalue weighted by Gasteiger charge is 2.11. The molecule has 0 aromatic carbocycles. The minimum absolute atomic E-state index is 0.132. The molecule has 0 saturated carbocycles. The first-order chi connectivity index (χ1) is 6.61. The van der Waals surface area contributed by atoms with Crippen molar-refractivity contribution >= 4 is 0 Å². The fraction of sp³-hybridized carbons (Fsp3) is 1.00. The van der Waals surface area contributed by atoms with Crippen LogP contribution < -0.4 is 5.32 Å². The van der Waals surface area contributed by atoms with Crippen LogP contribution in [0.25, 0.3) is 0 Å². The molecule has 0 aromatic rings. The van der Waals surface area contributed by atoms with E-state index in [1.54, 1.807) is 6.92 Å². The third-order valence-corrected chi connectivity index (χ3v) is 2.69. The van der Waals surface area contributed by atoms with Crippen LogP contribution in [0.3, 0.4) is 0 Å². The van der Waals surface area contributed by atoms with Crippen molar-refractivity contribution in [1.82, 2.24) is 5.32 Å². The van der Waals surface area contributed by atoms with Crippen LogP contribution in [0.4, 0.5) is 0 Å². The van der Waals surface area contributed by atoms with Gasteiger partial charge in [0.2, 0.25) is 0 Å². The van der Waals surface area contributed by atoms with Gasteiger partial charge in [-0.3, -0.25) is 0 Å². The summed E-state index contributed by atoms with van der Waals surface area (Å²) in [5, 5.41) is 21.4. The number of hydrogen-bond donors (Lipinski definition) is 3. The molecule has 0 radical (unpaired) electrons. The lowest BCUT2D eigenvalue weighted by Crippen LogP contribution is -2.38. The van der Waals surface area contributed by atoms with Gasteiger partial charge in [0.25, 0.3) is 0 Å². The Morgan fingerprint density at radius 1 is 1.21 bits per heavy atom. The highest BCUT2D eigenvalue weighted by molar-refractivity contribution is 4.69. The molecule has 0 spiro atoms. The van der Waals surface area contributed by atoms with E-state index in [4.69, 9.17) is 5.11 Å². The van der Waals surface area contributed by atoms with Gasteiger partial charge in [0.1, 0.15) is 0 Å². The Labute approximate surface area is 87.5 Å². The summed E-state index contributed by atoms with van der Waals surface area (Å²) < 4.78 is 0. The highest BCUT2D eigenvalue weighted by Crippen LogP contribution is 2.09. The molecule has 0 aliphatic heterocycles. The van der Waals surface area contributed by atoms with E-state index in [-0.39, 0.29) is 18.8 Å². The Morgan fingerprint density at radius 3 is 2.29 bits per heavy atom. The average molecular weight is 203 g/mol. The molecule has 0 saturated heterocycles. The predicted molar refractivity (Wildman–Crippen MR) is 59.2 cm³/mol. The average Bonchev–Trinajstić information content (AvgIpc) is 2.14. The van der Waals surface area contributed by atoms with Crippen molar-refractivity contribution in [3.05, 3.63) is 0 Å². The topological polar surface area (TPSA) is 52.5 Å². The zero-order valence-corrected chi connectivity index (χ0v) is 9.66. The molecule has 0 rings (SSSR count). The van der Waals surface area contributed by atoms with Gasteiger partial charge < -0.3 is 15.5 Å². The Balaban J connectivity index is 3.68. The lowest BCUT2D eigenvalue weighted by Gasteiger charge is -2.21. The molecule has 0 heterocycles. The lowest BCUT2D eigenvalue weighted by molar-refractivity contribution is 0.147. The molecule has 14 heavy (non-hydrogen) atoms. The SMILES string of the molecule is CCCC(CCO)CNC(C)C(C)O. The fourth-order valence-electron chi connectivity index (χ4n) is 1.46. The molecule has 0 amide bonds. The standard InChI is InChI=1S/C11H25NO2/c1-4-5-11(6-7-13)8-12-9(2)10(3)14/h9-14H,4-8H2,1-3H3. The molecule has 0 bridgehead atoms. The second-order valence-electron chi connectivity index (χ2n) is 4.10. The van der Waals surface area contributed by atoms with E-state index >= 15 is 0 Å². The maximum atomic E-state index is 9.28. The van der Waals surface area contributed by atoms with Crippen molar-refractivity contribution in [3.8, 4) is 0 Å². The normalized spacial score (nSPS) is 17.8. The number of nitrogens with one attached hydrogen (secondary N) is 1. The lowest BCUT2D eigenvalue weighted by atomic mass is 9.99. The van der Waals surface area contributed by atoms with Crippen LogP contribution in [0, 0.1) is 5.92 Å². The molecule has 3 atom stereocenters. The first-order valence-corrected chi connectivity index (χ1v) is 5.64. The smallest absolute Gasteiger partial charge is 0.0662 e. The highest BCUT2D eigenvalue weighted by atomic mass is 16.3. The summed E-state index contributed by atoms with van der Waals surface area (Å²) >= 11 is 0. The van der Waals surface area contributed by atoms with Crippen LogP contribution in [0.2, 0.25) is 0 Å². The van der Waals surface area contributed by atoms with E-state index < -0.39 is 0 Å². The molecular weight excluding hydrogens is 178 g/mol. The van der Waals surface area contributed by atoms with Crippen LogP contribution in [0.1, 0.15) is 40.0 Å². The van der Waals surface area contributed by atoms with Gasteiger partial charge in [0.15, 0.2) is 0 Å². The van der Waals surface area contributed by atoms with Crippen LogP contribution in [0.15, 0.2) is 0 Å². The van der Waals surface area contributed by atoms with Gasteiger partial charge in [0, 0.05) is 12.6 Å². The Hall–Kier alpha value is -0.120. The number of rotatable bonds is 8. The van der Waals surface area contributed by atoms with Gasteiger partial charge in [-0.15, -0.1) is 0 Å². The maximum absolute atomic E-state index is 9.28. The van der Waals surface area contributed by atoms with Crippen molar-refractivity contribution in [1.29, 1.82) is 0 Å². The summed E-state index contributed by atoms with van der Waals surface area (Å²) in [6, 6.07) is 0.132. The molecule has 0 fully saturated rings. The summed E-state index contributed by atoms with van der Waals surface area (Å²) in [7, 11) is 0. The molecule has 0 aliphatic rings. The van der Waals surface area contributed by atoms with Crippen LogP contribution in [-0.2, 0) is 0 Å². The van der Waals surface area contributed by atoms with Gasteiger partial charge in [-0.2, -0.15) is 0 Å². The van der Waals surface area contributed by atoms with Gasteiger partial charge >= 0.3 is 0 Å². The van der Waals surface area contributed by atoms with E-state index in [0.29, 0.717) is 5.92 Å². The van der Waals surface area contributed by atoms with Crippen LogP contribution >= 0.6 is 0 Å². The summed E-state index contributed by atoms with van der Waals surface area (Å²) in [6.45, 7) is 7.07. The molecule has 0 aliphatic carbocycles. The fourth-order valence-corrected chi connectivity index (χ4v) is 1.46. The van der Waals surface area contributed by atoms with Crippen molar-refractivity contribution in [3.63, 3.8) is 0 Å². The quantitative estimate of drug-likeness (QED) is 0.554. The predicted octanol–water partition coefficient (Wildman–Crippen LogP) is 1.14. The third-order valence-electron chi connectivity index (χ3n) is 2.69. The van der Waals surface area contributed by atoms with Crippen molar-refractivity contribution in [2.75, 3.05) is 13.2 Å². The minimum atomic E-state index is -0.314. The maximum Gasteiger partial charge on any atom is 0.0662 e. The monoisotopic (exact) mass is 203 g/mol. The zero-order valence-electron chi connectivity index (χ0n) is 9.66. The van der Waals surface area contributed by atoms with Gasteiger partial charge in [-0.25, -0.2) is 0 Å². The first-order valence-electron chi connectivity index (χ1n) is 5.64. The molecule has 0 aromatic heterocycles. The summed E-state index contributed by atoms with van der Waals surface area (Å²) in [5.41, 5.74) is 0. The van der Waals surface area contributed by atoms with Crippen LogP contribution in [0.5, 0.6) is 0 Å². The van der Waals surface area contributed by atoms with E-state index in [0.717, 1.165) is 25.8 Å². The molecule has 3 nitrogen and oxygen atoms in total. The molecule has 3 N–H and O–H groups in total. The summed E-state index contributed by atoms with van der Waals surface area (Å²) in [6.07, 6.45) is 2.83. The minimum Gasteiger partial charge on any atom is -0.396 e. The van der Waals surface area contributed by atoms with Gasteiger partial charge in [0.05, 0.1) is 6.10 Å². The Bertz CT molecular complexity index is 122. The van der Waals surface area contributed by atoms with E-state index in [2.05, 4.69) is 12.2 Å². The zero-order chi connectivity index (χ0) is 11.0. The largest absolute Gasteiger partial charge is 0.396 e. The van der Waals surface area contributed by atoms with Gasteiger partial charge in [-0.1, -0.05) is 13.3 Å². The Kier molecular flexibility index (Phi) is 8.14. The molecule has 3 unspecified atom stereocenters. The molecule has 3 heteroatoms. The second-order valence-corrected chi connectivity index (χ2v) is 4.10. The van der Waals surface area contributed by atoms with E-state index in [1.807, 2.05) is 6.92 Å². The van der Waals surface area contributed by atoms with Crippen molar-refractivity contribution in [2.45, 2.75) is 52.2 Å². The summed E-state index contributed by atoms with van der Waals surface area (Å²) in [5.74, 6) is 0.534. The number of aliphatic hydroxyl groups is 2. The van der Waals surface area contributed by atoms with Crippen LogP contribution in [-0.4, -0.2) is 35.5 Å². The Morgan fingerprint density at radius 2 is 1.86 bits per heavy atom. The third kappa shape index (κ3) is 6.35. The molecular formula is C11H25NO2.